The minimum absolute atomic E-state index is 0.116. The van der Waals surface area contributed by atoms with Gasteiger partial charge in [-0.2, -0.15) is 0 Å². The smallest absolute Gasteiger partial charge is 0.269 e. The summed E-state index contributed by atoms with van der Waals surface area (Å²) in [4.78, 5) is 2.05. The van der Waals surface area contributed by atoms with Crippen molar-refractivity contribution in [3.8, 4) is 0 Å². The van der Waals surface area contributed by atoms with E-state index in [0.717, 1.165) is 0 Å². The Kier molecular flexibility index (Phi) is 2.26. The first-order valence-corrected chi connectivity index (χ1v) is 4.67. The van der Waals surface area contributed by atoms with Crippen molar-refractivity contribution in [3.05, 3.63) is 21.9 Å². The van der Waals surface area contributed by atoms with E-state index < -0.39 is 10.0 Å². The summed E-state index contributed by atoms with van der Waals surface area (Å²) < 4.78 is 29.7. The summed E-state index contributed by atoms with van der Waals surface area (Å²) in [6, 6.07) is 0. The lowest BCUT2D eigenvalue weighted by Crippen LogP contribution is -1.97. The monoisotopic (exact) mass is 202 g/mol. The molecule has 0 aliphatic rings. The second-order valence-corrected chi connectivity index (χ2v) is 3.82. The zero-order valence-electron chi connectivity index (χ0n) is 6.92. The fraction of sp³-hybridized carbons (Fsp3) is 0.400. The highest BCUT2D eigenvalue weighted by atomic mass is 32.2. The van der Waals surface area contributed by atoms with Gasteiger partial charge in [0.05, 0.1) is 5.69 Å². The van der Waals surface area contributed by atoms with Crippen molar-refractivity contribution in [3.63, 3.8) is 0 Å². The van der Waals surface area contributed by atoms with Crippen LogP contribution in [0.2, 0.25) is 0 Å². The molecule has 0 aromatic carbocycles. The van der Waals surface area contributed by atoms with Crippen molar-refractivity contribution in [2.45, 2.75) is 18.7 Å². The van der Waals surface area contributed by atoms with Crippen LogP contribution >= 0.6 is 0 Å². The molecule has 0 saturated carbocycles. The Morgan fingerprint density at radius 3 is 2.54 bits per heavy atom. The van der Waals surface area contributed by atoms with Crippen molar-refractivity contribution < 1.29 is 12.9 Å². The average Bonchev–Trinajstić information content (AvgIpc) is 2.31. The lowest BCUT2D eigenvalue weighted by molar-refractivity contribution is 0.390. The molecule has 0 saturated heterocycles. The van der Waals surface area contributed by atoms with Gasteiger partial charge < -0.3 is 4.52 Å². The molecule has 0 spiro atoms. The van der Waals surface area contributed by atoms with E-state index in [-0.39, 0.29) is 16.3 Å². The summed E-state index contributed by atoms with van der Waals surface area (Å²) >= 11 is 0. The van der Waals surface area contributed by atoms with Crippen LogP contribution in [0.5, 0.6) is 0 Å². The number of hydrogen-bond donors (Lipinski definition) is 0. The minimum atomic E-state index is -3.98. The van der Waals surface area contributed by atoms with Crippen LogP contribution in [-0.4, -0.2) is 13.6 Å². The van der Waals surface area contributed by atoms with Gasteiger partial charge in [0.25, 0.3) is 10.0 Å². The molecular weight excluding hydrogens is 196 g/mol. The van der Waals surface area contributed by atoms with E-state index >= 15 is 0 Å². The van der Waals surface area contributed by atoms with Crippen LogP contribution in [0.1, 0.15) is 11.5 Å². The normalized spacial score (nSPS) is 10.9. The maximum absolute atomic E-state index is 11.2. The number of sulfonamides is 1. The maximum atomic E-state index is 11.2. The van der Waals surface area contributed by atoms with Crippen LogP contribution in [0.25, 0.3) is 10.4 Å². The van der Waals surface area contributed by atoms with Gasteiger partial charge in [0, 0.05) is 9.43 Å². The molecule has 0 unspecified atom stereocenters. The number of rotatable bonds is 2. The SMILES string of the molecule is Cc1noc(C)c1S(=O)(=O)N=[N+]=[N-]. The van der Waals surface area contributed by atoms with Crippen LogP contribution in [0, 0.1) is 13.8 Å². The molecule has 0 fully saturated rings. The highest BCUT2D eigenvalue weighted by Crippen LogP contribution is 2.20. The van der Waals surface area contributed by atoms with Gasteiger partial charge in [-0.05, 0) is 19.4 Å². The fourth-order valence-corrected chi connectivity index (χ4v) is 1.92. The summed E-state index contributed by atoms with van der Waals surface area (Å²) in [6.07, 6.45) is 0. The molecule has 0 amide bonds. The zero-order chi connectivity index (χ0) is 10.1. The van der Waals surface area contributed by atoms with E-state index in [1.54, 1.807) is 0 Å². The second kappa shape index (κ2) is 3.08. The van der Waals surface area contributed by atoms with E-state index in [4.69, 9.17) is 5.53 Å². The number of aromatic nitrogens is 1. The molecule has 7 nitrogen and oxygen atoms in total. The summed E-state index contributed by atoms with van der Waals surface area (Å²) in [5.41, 5.74) is 8.20. The lowest BCUT2D eigenvalue weighted by Gasteiger charge is -1.92. The quantitative estimate of drug-likeness (QED) is 0.408. The topological polar surface area (TPSA) is 109 Å². The Morgan fingerprint density at radius 1 is 1.54 bits per heavy atom. The van der Waals surface area contributed by atoms with Crippen molar-refractivity contribution in [1.29, 1.82) is 0 Å². The van der Waals surface area contributed by atoms with Gasteiger partial charge in [-0.15, -0.1) is 0 Å². The molecule has 0 aliphatic heterocycles. The van der Waals surface area contributed by atoms with E-state index in [2.05, 4.69) is 19.1 Å². The third-order valence-electron chi connectivity index (χ3n) is 1.37. The third kappa shape index (κ3) is 1.63. The van der Waals surface area contributed by atoms with Crippen LogP contribution in [-0.2, 0) is 10.0 Å². The number of azide groups is 1. The predicted octanol–water partition coefficient (Wildman–Crippen LogP) is 1.29. The molecule has 0 N–H and O–H groups in total. The Morgan fingerprint density at radius 2 is 2.15 bits per heavy atom. The molecule has 0 aliphatic carbocycles. The zero-order valence-corrected chi connectivity index (χ0v) is 7.74. The second-order valence-electron chi connectivity index (χ2n) is 2.30. The summed E-state index contributed by atoms with van der Waals surface area (Å²) in [5.74, 6) is 0.116. The van der Waals surface area contributed by atoms with Gasteiger partial charge in [0.2, 0.25) is 0 Å². The number of hydrogen-bond acceptors (Lipinski definition) is 4. The molecule has 8 heteroatoms. The minimum Gasteiger partial charge on any atom is -0.360 e. The van der Waals surface area contributed by atoms with Gasteiger partial charge in [-0.1, -0.05) is 5.16 Å². The molecule has 1 aromatic heterocycles. The van der Waals surface area contributed by atoms with E-state index in [1.807, 2.05) is 0 Å². The standard InChI is InChI=1S/C5H6N4O3S/c1-3-5(4(2)12-7-3)13(10,11)9-8-6/h1-2H3. The highest BCUT2D eigenvalue weighted by molar-refractivity contribution is 7.90. The first kappa shape index (κ1) is 9.56. The molecule has 0 radical (unpaired) electrons. The van der Waals surface area contributed by atoms with Crippen molar-refractivity contribution in [2.75, 3.05) is 0 Å². The van der Waals surface area contributed by atoms with Gasteiger partial charge in [-0.3, -0.25) is 0 Å². The molecule has 0 bridgehead atoms. The maximum Gasteiger partial charge on any atom is 0.269 e. The summed E-state index contributed by atoms with van der Waals surface area (Å²) in [6.45, 7) is 2.88. The van der Waals surface area contributed by atoms with Crippen LogP contribution < -0.4 is 0 Å². The predicted molar refractivity (Wildman–Crippen MR) is 42.3 cm³/mol. The Bertz CT molecular complexity index is 448. The molecule has 0 atom stereocenters. The van der Waals surface area contributed by atoms with E-state index in [9.17, 15) is 8.42 Å². The van der Waals surface area contributed by atoms with Gasteiger partial charge in [0.1, 0.15) is 4.90 Å². The fourth-order valence-electron chi connectivity index (χ4n) is 0.932. The average molecular weight is 202 g/mol. The largest absolute Gasteiger partial charge is 0.360 e. The van der Waals surface area contributed by atoms with E-state index in [1.165, 1.54) is 13.8 Å². The van der Waals surface area contributed by atoms with Crippen molar-refractivity contribution in [1.82, 2.24) is 5.16 Å². The summed E-state index contributed by atoms with van der Waals surface area (Å²) in [7, 11) is -3.98. The first-order valence-electron chi connectivity index (χ1n) is 3.23. The van der Waals surface area contributed by atoms with Crippen molar-refractivity contribution >= 4 is 10.0 Å². The van der Waals surface area contributed by atoms with Crippen LogP contribution in [0.15, 0.2) is 13.9 Å². The van der Waals surface area contributed by atoms with Gasteiger partial charge in [0.15, 0.2) is 5.76 Å². The molecular formula is C5H6N4O3S. The van der Waals surface area contributed by atoms with Gasteiger partial charge >= 0.3 is 0 Å². The van der Waals surface area contributed by atoms with Crippen molar-refractivity contribution in [2.24, 2.45) is 4.52 Å². The van der Waals surface area contributed by atoms with Crippen LogP contribution in [0.3, 0.4) is 0 Å². The third-order valence-corrected chi connectivity index (χ3v) is 2.76. The first-order chi connectivity index (χ1) is 5.99. The van der Waals surface area contributed by atoms with Crippen LogP contribution in [0.4, 0.5) is 0 Å². The highest BCUT2D eigenvalue weighted by Gasteiger charge is 2.22. The molecule has 70 valence electrons. The molecule has 1 rings (SSSR count). The Hall–Kier alpha value is -1.53. The molecule has 13 heavy (non-hydrogen) atoms. The molecule has 1 aromatic rings. The Balaban J connectivity index is 3.46. The van der Waals surface area contributed by atoms with Gasteiger partial charge in [-0.25, -0.2) is 8.42 Å². The Labute approximate surface area is 74.0 Å². The number of nitrogens with zero attached hydrogens (tertiary/aromatic N) is 4. The molecule has 1 heterocycles. The number of aryl methyl sites for hydroxylation is 2. The lowest BCUT2D eigenvalue weighted by atomic mass is 10.4. The summed E-state index contributed by atoms with van der Waals surface area (Å²) in [5, 5.41) is 3.43. The van der Waals surface area contributed by atoms with E-state index in [0.29, 0.717) is 0 Å².